The highest BCUT2D eigenvalue weighted by Crippen LogP contribution is 2.26. The Labute approximate surface area is 185 Å². The van der Waals surface area contributed by atoms with Gasteiger partial charge in [-0.3, -0.25) is 4.79 Å². The number of aryl methyl sites for hydroxylation is 1. The van der Waals surface area contributed by atoms with Crippen molar-refractivity contribution in [1.82, 2.24) is 15.3 Å². The molecule has 3 aromatic rings. The highest BCUT2D eigenvalue weighted by atomic mass is 35.5. The van der Waals surface area contributed by atoms with Gasteiger partial charge in [-0.2, -0.15) is 0 Å². The summed E-state index contributed by atoms with van der Waals surface area (Å²) in [6, 6.07) is 11.1. The van der Waals surface area contributed by atoms with Crippen LogP contribution in [0.2, 0.25) is 5.02 Å². The second-order valence-electron chi connectivity index (χ2n) is 7.55. The number of esters is 1. The van der Waals surface area contributed by atoms with Crippen molar-refractivity contribution in [2.24, 2.45) is 5.92 Å². The molecule has 1 N–H and O–H groups in total. The first kappa shape index (κ1) is 22.5. The number of benzene rings is 2. The Balaban J connectivity index is 1.74. The van der Waals surface area contributed by atoms with Gasteiger partial charge in [0.15, 0.2) is 0 Å². The summed E-state index contributed by atoms with van der Waals surface area (Å²) in [6.45, 7) is 5.75. The lowest BCUT2D eigenvalue weighted by Gasteiger charge is -2.18. The van der Waals surface area contributed by atoms with E-state index in [-0.39, 0.29) is 11.8 Å². The van der Waals surface area contributed by atoms with Crippen molar-refractivity contribution in [3.05, 3.63) is 58.7 Å². The maximum absolute atomic E-state index is 12.6. The van der Waals surface area contributed by atoms with Crippen LogP contribution in [0.15, 0.2) is 42.5 Å². The molecule has 162 valence electrons. The molecule has 1 atom stereocenters. The molecular formula is C23H24ClN3O4. The van der Waals surface area contributed by atoms with Crippen molar-refractivity contribution in [3.63, 3.8) is 0 Å². The molecule has 0 saturated carbocycles. The second-order valence-corrected chi connectivity index (χ2v) is 7.99. The summed E-state index contributed by atoms with van der Waals surface area (Å²) < 4.78 is 10.6. The molecule has 0 fully saturated rings. The van der Waals surface area contributed by atoms with Crippen LogP contribution in [0, 0.1) is 12.8 Å². The van der Waals surface area contributed by atoms with Gasteiger partial charge in [0, 0.05) is 10.6 Å². The van der Waals surface area contributed by atoms with E-state index in [1.807, 2.05) is 13.8 Å². The van der Waals surface area contributed by atoms with Gasteiger partial charge in [-0.25, -0.2) is 14.8 Å². The third-order valence-electron chi connectivity index (χ3n) is 4.59. The van der Waals surface area contributed by atoms with Gasteiger partial charge in [-0.15, -0.1) is 0 Å². The fourth-order valence-corrected chi connectivity index (χ4v) is 3.22. The topological polar surface area (TPSA) is 90.4 Å². The predicted octanol–water partition coefficient (Wildman–Crippen LogP) is 4.70. The van der Waals surface area contributed by atoms with E-state index < -0.39 is 12.0 Å². The van der Waals surface area contributed by atoms with E-state index in [4.69, 9.17) is 21.1 Å². The lowest BCUT2D eigenvalue weighted by atomic mass is 10.0. The molecule has 0 aliphatic rings. The van der Waals surface area contributed by atoms with Crippen LogP contribution in [-0.2, 0) is 9.53 Å². The van der Waals surface area contributed by atoms with Crippen molar-refractivity contribution < 1.29 is 19.1 Å². The van der Waals surface area contributed by atoms with Crippen LogP contribution >= 0.6 is 11.6 Å². The van der Waals surface area contributed by atoms with Crippen molar-refractivity contribution in [3.8, 4) is 11.6 Å². The third kappa shape index (κ3) is 5.70. The summed E-state index contributed by atoms with van der Waals surface area (Å²) in [5.74, 6) is 0.254. The summed E-state index contributed by atoms with van der Waals surface area (Å²) >= 11 is 6.04. The molecule has 0 spiro atoms. The molecule has 8 heteroatoms. The monoisotopic (exact) mass is 441 g/mol. The average Bonchev–Trinajstić information content (AvgIpc) is 2.73. The highest BCUT2D eigenvalue weighted by Gasteiger charge is 2.23. The van der Waals surface area contributed by atoms with Gasteiger partial charge in [-0.05, 0) is 61.7 Å². The number of hydrogen-bond acceptors (Lipinski definition) is 6. The van der Waals surface area contributed by atoms with Crippen LogP contribution < -0.4 is 10.1 Å². The Kier molecular flexibility index (Phi) is 7.07. The Hall–Kier alpha value is -3.19. The lowest BCUT2D eigenvalue weighted by Crippen LogP contribution is -2.42. The van der Waals surface area contributed by atoms with Crippen LogP contribution in [0.1, 0.15) is 36.3 Å². The molecule has 1 heterocycles. The zero-order chi connectivity index (χ0) is 22.5. The zero-order valence-electron chi connectivity index (χ0n) is 17.8. The molecule has 0 saturated heterocycles. The van der Waals surface area contributed by atoms with Gasteiger partial charge >= 0.3 is 5.97 Å². The van der Waals surface area contributed by atoms with Gasteiger partial charge in [0.1, 0.15) is 17.5 Å². The Morgan fingerprint density at radius 3 is 2.42 bits per heavy atom. The number of nitrogens with one attached hydrogen (secondary N) is 1. The van der Waals surface area contributed by atoms with Crippen LogP contribution in [0.25, 0.3) is 11.0 Å². The molecule has 1 aromatic heterocycles. The molecule has 2 aromatic carbocycles. The Morgan fingerprint density at radius 2 is 1.77 bits per heavy atom. The van der Waals surface area contributed by atoms with E-state index in [1.165, 1.54) is 7.11 Å². The molecule has 1 amide bonds. The maximum atomic E-state index is 12.6. The summed E-state index contributed by atoms with van der Waals surface area (Å²) in [7, 11) is 1.31. The summed E-state index contributed by atoms with van der Waals surface area (Å²) in [6.07, 6.45) is 0.490. The van der Waals surface area contributed by atoms with Gasteiger partial charge in [0.2, 0.25) is 5.88 Å². The van der Waals surface area contributed by atoms with E-state index in [2.05, 4.69) is 15.3 Å². The minimum absolute atomic E-state index is 0.223. The second kappa shape index (κ2) is 9.75. The molecule has 0 aliphatic heterocycles. The smallest absolute Gasteiger partial charge is 0.328 e. The molecular weight excluding hydrogens is 418 g/mol. The number of aromatic nitrogens is 2. The van der Waals surface area contributed by atoms with E-state index in [0.29, 0.717) is 39.8 Å². The first-order valence-electron chi connectivity index (χ1n) is 9.87. The average molecular weight is 442 g/mol. The molecule has 0 aliphatic carbocycles. The quantitative estimate of drug-likeness (QED) is 0.534. The molecule has 0 bridgehead atoms. The minimum Gasteiger partial charge on any atom is -0.467 e. The number of hydrogen-bond donors (Lipinski definition) is 1. The summed E-state index contributed by atoms with van der Waals surface area (Å²) in [5.41, 5.74) is 2.38. The Bertz CT molecular complexity index is 1100. The number of nitrogens with zero attached hydrogens (tertiary/aromatic N) is 2. The number of halogens is 1. The fourth-order valence-electron chi connectivity index (χ4n) is 3.05. The summed E-state index contributed by atoms with van der Waals surface area (Å²) in [5, 5.41) is 3.29. The minimum atomic E-state index is -0.698. The van der Waals surface area contributed by atoms with Crippen LogP contribution in [0.3, 0.4) is 0 Å². The Morgan fingerprint density at radius 1 is 1.06 bits per heavy atom. The molecule has 3 rings (SSSR count). The van der Waals surface area contributed by atoms with E-state index in [0.717, 1.165) is 5.52 Å². The van der Waals surface area contributed by atoms with E-state index in [9.17, 15) is 9.59 Å². The van der Waals surface area contributed by atoms with Crippen LogP contribution in [0.4, 0.5) is 0 Å². The van der Waals surface area contributed by atoms with Gasteiger partial charge in [0.25, 0.3) is 5.91 Å². The summed E-state index contributed by atoms with van der Waals surface area (Å²) in [4.78, 5) is 33.5. The standard InChI is InChI=1S/C23H24ClN3O4/c1-13(2)11-20(23(29)30-4)26-21(28)15-5-8-17(9-6-15)31-22-14(3)25-18-10-7-16(24)12-19(18)27-22/h5-10,12-13,20H,11H2,1-4H3,(H,26,28)/t20-/m0/s1. The number of ether oxygens (including phenoxy) is 2. The SMILES string of the molecule is COC(=O)[C@H](CC(C)C)NC(=O)c1ccc(Oc2nc3cc(Cl)ccc3nc2C)cc1. The lowest BCUT2D eigenvalue weighted by molar-refractivity contribution is -0.143. The van der Waals surface area contributed by atoms with E-state index >= 15 is 0 Å². The number of methoxy groups -OCH3 is 1. The van der Waals surface area contributed by atoms with Crippen molar-refractivity contribution in [2.45, 2.75) is 33.2 Å². The van der Waals surface area contributed by atoms with Crippen molar-refractivity contribution in [2.75, 3.05) is 7.11 Å². The largest absolute Gasteiger partial charge is 0.467 e. The van der Waals surface area contributed by atoms with Crippen molar-refractivity contribution in [1.29, 1.82) is 0 Å². The molecule has 7 nitrogen and oxygen atoms in total. The fraction of sp³-hybridized carbons (Fsp3) is 0.304. The number of carbonyl (C=O) groups excluding carboxylic acids is 2. The van der Waals surface area contributed by atoms with Crippen molar-refractivity contribution >= 4 is 34.5 Å². The van der Waals surface area contributed by atoms with Crippen LogP contribution in [-0.4, -0.2) is 35.0 Å². The zero-order valence-corrected chi connectivity index (χ0v) is 18.6. The highest BCUT2D eigenvalue weighted by molar-refractivity contribution is 6.31. The molecule has 0 radical (unpaired) electrons. The number of fused-ring (bicyclic) bond motifs is 1. The van der Waals surface area contributed by atoms with E-state index in [1.54, 1.807) is 49.4 Å². The van der Waals surface area contributed by atoms with Gasteiger partial charge in [-0.1, -0.05) is 25.4 Å². The first-order chi connectivity index (χ1) is 14.8. The molecule has 0 unspecified atom stereocenters. The number of amides is 1. The number of carbonyl (C=O) groups is 2. The normalized spacial score (nSPS) is 11.9. The predicted molar refractivity (Wildman–Crippen MR) is 119 cm³/mol. The first-order valence-corrected chi connectivity index (χ1v) is 10.2. The van der Waals surface area contributed by atoms with Gasteiger partial charge < -0.3 is 14.8 Å². The number of rotatable bonds is 7. The van der Waals surface area contributed by atoms with Gasteiger partial charge in [0.05, 0.1) is 18.1 Å². The van der Waals surface area contributed by atoms with Crippen LogP contribution in [0.5, 0.6) is 11.6 Å². The third-order valence-corrected chi connectivity index (χ3v) is 4.82. The maximum Gasteiger partial charge on any atom is 0.328 e. The molecule has 31 heavy (non-hydrogen) atoms.